The summed E-state index contributed by atoms with van der Waals surface area (Å²) in [5.41, 5.74) is 6.93. The molecule has 1 fully saturated rings. The number of aromatic nitrogens is 2. The van der Waals surface area contributed by atoms with Gasteiger partial charge in [-0.2, -0.15) is 5.10 Å². The van der Waals surface area contributed by atoms with Gasteiger partial charge < -0.3 is 9.64 Å². The van der Waals surface area contributed by atoms with Crippen molar-refractivity contribution in [3.63, 3.8) is 0 Å². The number of rotatable bonds is 6. The van der Waals surface area contributed by atoms with Crippen molar-refractivity contribution in [1.29, 1.82) is 0 Å². The topological polar surface area (TPSA) is 79.7 Å². The molecule has 0 saturated carbocycles. The van der Waals surface area contributed by atoms with E-state index in [4.69, 9.17) is 4.74 Å². The number of aryl methyl sites for hydroxylation is 1. The maximum Gasteiger partial charge on any atom is 0.223 e. The zero-order valence-corrected chi connectivity index (χ0v) is 17.0. The first-order chi connectivity index (χ1) is 14.7. The van der Waals surface area contributed by atoms with Crippen LogP contribution in [0.1, 0.15) is 24.0 Å². The Balaban J connectivity index is 1.55. The number of fused-ring (bicyclic) bond motifs is 1. The van der Waals surface area contributed by atoms with Crippen molar-refractivity contribution < 1.29 is 9.53 Å². The molecule has 4 rings (SSSR count). The number of hydrogen-bond donors (Lipinski definition) is 1. The molecule has 1 N–H and O–H groups in total. The van der Waals surface area contributed by atoms with Crippen LogP contribution >= 0.6 is 0 Å². The van der Waals surface area contributed by atoms with Crippen LogP contribution in [0.2, 0.25) is 0 Å². The molecular formula is C23H25N5O2. The van der Waals surface area contributed by atoms with Gasteiger partial charge in [-0.15, -0.1) is 0 Å². The summed E-state index contributed by atoms with van der Waals surface area (Å²) >= 11 is 0. The predicted octanol–water partition coefficient (Wildman–Crippen LogP) is 3.39. The van der Waals surface area contributed by atoms with E-state index < -0.39 is 0 Å². The van der Waals surface area contributed by atoms with E-state index in [2.05, 4.69) is 32.6 Å². The van der Waals surface area contributed by atoms with E-state index in [1.54, 1.807) is 0 Å². The largest absolute Gasteiger partial charge is 0.378 e. The molecule has 0 unspecified atom stereocenters. The maximum atomic E-state index is 12.6. The van der Waals surface area contributed by atoms with E-state index in [9.17, 15) is 4.79 Å². The van der Waals surface area contributed by atoms with Crippen LogP contribution in [0, 0.1) is 6.92 Å². The Kier molecular flexibility index (Phi) is 6.29. The number of para-hydroxylation sites is 1. The van der Waals surface area contributed by atoms with Crippen LogP contribution in [0.3, 0.4) is 0 Å². The fourth-order valence-corrected chi connectivity index (χ4v) is 3.42. The molecule has 7 nitrogen and oxygen atoms in total. The summed E-state index contributed by atoms with van der Waals surface area (Å²) in [7, 11) is 0. The summed E-state index contributed by atoms with van der Waals surface area (Å²) in [5, 5.41) is 5.54. The van der Waals surface area contributed by atoms with Crippen LogP contribution < -0.4 is 5.43 Å². The second kappa shape index (κ2) is 9.45. The predicted molar refractivity (Wildman–Crippen MR) is 118 cm³/mol. The normalized spacial score (nSPS) is 14.7. The molecule has 0 atom stereocenters. The Morgan fingerprint density at radius 1 is 1.07 bits per heavy atom. The molecule has 1 amide bonds. The molecule has 154 valence electrons. The van der Waals surface area contributed by atoms with Gasteiger partial charge in [0.1, 0.15) is 6.33 Å². The molecule has 30 heavy (non-hydrogen) atoms. The molecule has 1 aliphatic heterocycles. The van der Waals surface area contributed by atoms with Gasteiger partial charge in [0.2, 0.25) is 5.91 Å². The fourth-order valence-electron chi connectivity index (χ4n) is 3.42. The quantitative estimate of drug-likeness (QED) is 0.504. The lowest BCUT2D eigenvalue weighted by Gasteiger charge is -2.26. The number of morpholine rings is 1. The van der Waals surface area contributed by atoms with Gasteiger partial charge in [0, 0.05) is 31.3 Å². The van der Waals surface area contributed by atoms with Crippen molar-refractivity contribution in [2.75, 3.05) is 31.7 Å². The first kappa shape index (κ1) is 20.0. The lowest BCUT2D eigenvalue weighted by atomic mass is 10.0. The highest BCUT2D eigenvalue weighted by molar-refractivity contribution is 6.02. The van der Waals surface area contributed by atoms with Crippen molar-refractivity contribution in [1.82, 2.24) is 14.9 Å². The molecule has 0 aliphatic carbocycles. The van der Waals surface area contributed by atoms with E-state index >= 15 is 0 Å². The average Bonchev–Trinajstić information content (AvgIpc) is 2.80. The molecule has 3 aromatic rings. The Morgan fingerprint density at radius 2 is 1.83 bits per heavy atom. The first-order valence-corrected chi connectivity index (χ1v) is 10.2. The lowest BCUT2D eigenvalue weighted by molar-refractivity contribution is -0.135. The maximum absolute atomic E-state index is 12.6. The summed E-state index contributed by atoms with van der Waals surface area (Å²) in [4.78, 5) is 23.1. The van der Waals surface area contributed by atoms with Crippen LogP contribution in [-0.4, -0.2) is 52.8 Å². The van der Waals surface area contributed by atoms with Gasteiger partial charge in [0.15, 0.2) is 5.82 Å². The summed E-state index contributed by atoms with van der Waals surface area (Å²) in [6, 6.07) is 16.0. The number of nitrogens with one attached hydrogen (secondary N) is 1. The molecule has 1 aromatic heterocycles. The molecule has 1 saturated heterocycles. The SMILES string of the molecule is Cc1ccc(C(CCC(=O)N2CCOCC2)=NNc2ncnc3ccccc23)cc1. The minimum Gasteiger partial charge on any atom is -0.378 e. The number of hydrogen-bond acceptors (Lipinski definition) is 6. The Hall–Kier alpha value is -3.32. The number of carbonyl (C=O) groups is 1. The second-order valence-corrected chi connectivity index (χ2v) is 7.27. The molecule has 2 heterocycles. The van der Waals surface area contributed by atoms with Crippen molar-refractivity contribution >= 4 is 28.3 Å². The standard InChI is InChI=1S/C23H25N5O2/c1-17-6-8-18(9-7-17)20(10-11-22(29)28-12-14-30-15-13-28)26-27-23-19-4-2-3-5-21(19)24-16-25-23/h2-9,16H,10-15H2,1H3,(H,24,25,27). The monoisotopic (exact) mass is 403 g/mol. The first-order valence-electron chi connectivity index (χ1n) is 10.2. The number of anilines is 1. The third-order valence-electron chi connectivity index (χ3n) is 5.16. The van der Waals surface area contributed by atoms with Gasteiger partial charge in [-0.25, -0.2) is 9.97 Å². The highest BCUT2D eigenvalue weighted by Gasteiger charge is 2.17. The summed E-state index contributed by atoms with van der Waals surface area (Å²) in [6.45, 7) is 4.57. The number of amides is 1. The number of hydrazone groups is 1. The fraction of sp³-hybridized carbons (Fsp3) is 0.304. The summed E-state index contributed by atoms with van der Waals surface area (Å²) in [5.74, 6) is 0.773. The van der Waals surface area contributed by atoms with Gasteiger partial charge in [-0.05, 0) is 24.6 Å². The van der Waals surface area contributed by atoms with Gasteiger partial charge in [0.25, 0.3) is 0 Å². The minimum atomic E-state index is 0.130. The second-order valence-electron chi connectivity index (χ2n) is 7.27. The molecule has 7 heteroatoms. The molecular weight excluding hydrogens is 378 g/mol. The molecule has 0 radical (unpaired) electrons. The van der Waals surface area contributed by atoms with Crippen LogP contribution in [0.5, 0.6) is 0 Å². The third kappa shape index (κ3) is 4.80. The van der Waals surface area contributed by atoms with Gasteiger partial charge in [-0.1, -0.05) is 42.0 Å². The Bertz CT molecular complexity index is 1040. The third-order valence-corrected chi connectivity index (χ3v) is 5.16. The van der Waals surface area contributed by atoms with E-state index in [1.807, 2.05) is 48.2 Å². The molecule has 2 aromatic carbocycles. The molecule has 1 aliphatic rings. The van der Waals surface area contributed by atoms with Crippen molar-refractivity contribution in [3.8, 4) is 0 Å². The highest BCUT2D eigenvalue weighted by Crippen LogP contribution is 2.19. The van der Waals surface area contributed by atoms with Crippen LogP contribution in [0.4, 0.5) is 5.82 Å². The Labute approximate surface area is 175 Å². The van der Waals surface area contributed by atoms with Crippen LogP contribution in [0.25, 0.3) is 10.9 Å². The van der Waals surface area contributed by atoms with E-state index in [1.165, 1.54) is 11.9 Å². The van der Waals surface area contributed by atoms with Gasteiger partial charge >= 0.3 is 0 Å². The van der Waals surface area contributed by atoms with Gasteiger partial charge in [0.05, 0.1) is 24.4 Å². The number of nitrogens with zero attached hydrogens (tertiary/aromatic N) is 4. The zero-order valence-electron chi connectivity index (χ0n) is 17.0. The molecule has 0 bridgehead atoms. The van der Waals surface area contributed by atoms with Gasteiger partial charge in [-0.3, -0.25) is 10.2 Å². The number of carbonyl (C=O) groups excluding carboxylic acids is 1. The van der Waals surface area contributed by atoms with E-state index in [0.717, 1.165) is 22.2 Å². The van der Waals surface area contributed by atoms with Crippen LogP contribution in [0.15, 0.2) is 60.0 Å². The van der Waals surface area contributed by atoms with E-state index in [-0.39, 0.29) is 5.91 Å². The zero-order chi connectivity index (χ0) is 20.8. The average molecular weight is 403 g/mol. The summed E-state index contributed by atoms with van der Waals surface area (Å²) in [6.07, 6.45) is 2.46. The van der Waals surface area contributed by atoms with Crippen molar-refractivity contribution in [3.05, 3.63) is 66.0 Å². The highest BCUT2D eigenvalue weighted by atomic mass is 16.5. The minimum absolute atomic E-state index is 0.130. The number of benzene rings is 2. The van der Waals surface area contributed by atoms with Crippen molar-refractivity contribution in [2.45, 2.75) is 19.8 Å². The lowest BCUT2D eigenvalue weighted by Crippen LogP contribution is -2.40. The smallest absolute Gasteiger partial charge is 0.223 e. The Morgan fingerprint density at radius 3 is 2.63 bits per heavy atom. The van der Waals surface area contributed by atoms with Crippen molar-refractivity contribution in [2.24, 2.45) is 5.10 Å². The van der Waals surface area contributed by atoms with E-state index in [0.29, 0.717) is 45.0 Å². The van der Waals surface area contributed by atoms with Crippen LogP contribution in [-0.2, 0) is 9.53 Å². The number of ether oxygens (including phenoxy) is 1. The summed E-state index contributed by atoms with van der Waals surface area (Å²) < 4.78 is 5.34. The molecule has 0 spiro atoms.